The number of likely N-dealkylation sites (N-methyl/N-ethyl adjacent to an activating group) is 2. The SMILES string of the molecule is CCC.CC[C@H](C)C(C(CC(=O)N1CCCC1C(OC)C(C)C(=O)NCC=O)OC)N(C)C(=O)CNC(=O)C(C(C)C)N(C)C.CNCCC(C)(C)OC(C)C.Cc1ccccc1. The van der Waals surface area contributed by atoms with E-state index in [0.717, 1.165) is 25.8 Å². The first-order valence-electron chi connectivity index (χ1n) is 23.2. The molecule has 14 nitrogen and oxygen atoms in total. The Labute approximate surface area is 383 Å². The molecule has 0 saturated carbocycles. The van der Waals surface area contributed by atoms with Gasteiger partial charge < -0.3 is 44.8 Å². The lowest BCUT2D eigenvalue weighted by Crippen LogP contribution is -2.55. The second-order valence-electron chi connectivity index (χ2n) is 18.1. The number of amides is 4. The molecule has 14 heteroatoms. The van der Waals surface area contributed by atoms with Crippen molar-refractivity contribution >= 4 is 29.9 Å². The van der Waals surface area contributed by atoms with E-state index in [9.17, 15) is 24.0 Å². The Kier molecular flexibility index (Phi) is 33.3. The third-order valence-corrected chi connectivity index (χ3v) is 11.0. The summed E-state index contributed by atoms with van der Waals surface area (Å²) in [6.45, 7) is 25.7. The maximum absolute atomic E-state index is 13.7. The first-order valence-corrected chi connectivity index (χ1v) is 23.2. The van der Waals surface area contributed by atoms with Crippen molar-refractivity contribution in [1.29, 1.82) is 0 Å². The van der Waals surface area contributed by atoms with Crippen LogP contribution in [0.4, 0.5) is 0 Å². The van der Waals surface area contributed by atoms with Crippen LogP contribution in [0, 0.1) is 24.7 Å². The number of nitrogens with one attached hydrogen (secondary N) is 3. The van der Waals surface area contributed by atoms with Gasteiger partial charge in [0.1, 0.15) is 6.29 Å². The molecule has 0 bridgehead atoms. The summed E-state index contributed by atoms with van der Waals surface area (Å²) in [5.74, 6) is -1.40. The zero-order valence-corrected chi connectivity index (χ0v) is 42.8. The fourth-order valence-corrected chi connectivity index (χ4v) is 7.81. The van der Waals surface area contributed by atoms with Crippen LogP contribution in [0.25, 0.3) is 0 Å². The molecule has 1 aliphatic rings. The quantitative estimate of drug-likeness (QED) is 0.109. The van der Waals surface area contributed by atoms with Crippen LogP contribution in [0.2, 0.25) is 0 Å². The summed E-state index contributed by atoms with van der Waals surface area (Å²) in [6, 6.07) is 9.19. The van der Waals surface area contributed by atoms with E-state index in [0.29, 0.717) is 25.4 Å². The molecule has 1 aliphatic heterocycles. The molecule has 2 rings (SSSR count). The minimum atomic E-state index is -0.585. The number of ether oxygens (including phenoxy) is 3. The van der Waals surface area contributed by atoms with Crippen LogP contribution in [0.3, 0.4) is 0 Å². The number of carbonyl (C=O) groups is 5. The lowest BCUT2D eigenvalue weighted by molar-refractivity contribution is -0.146. The number of rotatable bonds is 23. The van der Waals surface area contributed by atoms with Crippen LogP contribution in [-0.4, -0.2) is 155 Å². The van der Waals surface area contributed by atoms with E-state index in [-0.39, 0.29) is 72.7 Å². The number of benzene rings is 1. The highest BCUT2D eigenvalue weighted by Crippen LogP contribution is 2.29. The molecule has 0 aliphatic carbocycles. The van der Waals surface area contributed by atoms with E-state index in [4.69, 9.17) is 14.2 Å². The molecule has 0 spiro atoms. The summed E-state index contributed by atoms with van der Waals surface area (Å²) in [7, 11) is 10.4. The Balaban J connectivity index is 0. The van der Waals surface area contributed by atoms with Crippen molar-refractivity contribution in [1.82, 2.24) is 30.7 Å². The molecule has 1 heterocycles. The molecule has 63 heavy (non-hydrogen) atoms. The molecule has 1 fully saturated rings. The van der Waals surface area contributed by atoms with Crippen LogP contribution >= 0.6 is 0 Å². The molecule has 3 N–H and O–H groups in total. The number of methoxy groups -OCH3 is 2. The Bertz CT molecular complexity index is 1390. The number of likely N-dealkylation sites (tertiary alicyclic amines) is 1. The first kappa shape index (κ1) is 61.7. The molecule has 7 atom stereocenters. The molecule has 1 aromatic rings. The smallest absolute Gasteiger partial charge is 0.242 e. The predicted octanol–water partition coefficient (Wildman–Crippen LogP) is 6.14. The normalized spacial score (nSPS) is 16.5. The molecule has 0 radical (unpaired) electrons. The topological polar surface area (TPSA) is 159 Å². The van der Waals surface area contributed by atoms with Crippen molar-refractivity contribution in [2.24, 2.45) is 17.8 Å². The van der Waals surface area contributed by atoms with Gasteiger partial charge in [0.15, 0.2) is 0 Å². The van der Waals surface area contributed by atoms with Crippen LogP contribution < -0.4 is 16.0 Å². The number of nitrogens with zero attached hydrogens (tertiary/aromatic N) is 3. The Morgan fingerprint density at radius 3 is 1.94 bits per heavy atom. The van der Waals surface area contributed by atoms with Crippen LogP contribution in [0.15, 0.2) is 30.3 Å². The maximum Gasteiger partial charge on any atom is 0.242 e. The summed E-state index contributed by atoms with van der Waals surface area (Å²) in [4.78, 5) is 68.3. The fraction of sp³-hybridized carbons (Fsp3) is 0.776. The third-order valence-electron chi connectivity index (χ3n) is 11.0. The zero-order chi connectivity index (χ0) is 48.9. The summed E-state index contributed by atoms with van der Waals surface area (Å²) in [5, 5.41) is 8.47. The fourth-order valence-electron chi connectivity index (χ4n) is 7.81. The average molecular weight is 893 g/mol. The summed E-state index contributed by atoms with van der Waals surface area (Å²) in [6.07, 6.45) is 4.38. The highest BCUT2D eigenvalue weighted by atomic mass is 16.5. The Hall–Kier alpha value is -3.43. The minimum absolute atomic E-state index is 0.0111. The van der Waals surface area contributed by atoms with Crippen LogP contribution in [0.5, 0.6) is 0 Å². The van der Waals surface area contributed by atoms with Gasteiger partial charge >= 0.3 is 0 Å². The van der Waals surface area contributed by atoms with E-state index in [2.05, 4.69) is 76.5 Å². The van der Waals surface area contributed by atoms with Crippen LogP contribution in [0.1, 0.15) is 120 Å². The summed E-state index contributed by atoms with van der Waals surface area (Å²) in [5.41, 5.74) is 1.33. The third kappa shape index (κ3) is 24.4. The van der Waals surface area contributed by atoms with Gasteiger partial charge in [0.05, 0.1) is 67.5 Å². The molecule has 1 aromatic carbocycles. The second kappa shape index (κ2) is 34.0. The number of aryl methyl sites for hydroxylation is 1. The highest BCUT2D eigenvalue weighted by Gasteiger charge is 2.42. The Morgan fingerprint density at radius 1 is 0.921 bits per heavy atom. The molecular weight excluding hydrogens is 801 g/mol. The van der Waals surface area contributed by atoms with Gasteiger partial charge in [-0.15, -0.1) is 0 Å². The molecular formula is C49H92N6O8. The molecule has 0 aromatic heterocycles. The van der Waals surface area contributed by atoms with Crippen molar-refractivity contribution in [3.63, 3.8) is 0 Å². The van der Waals surface area contributed by atoms with Crippen molar-refractivity contribution in [2.75, 3.05) is 68.6 Å². The minimum Gasteiger partial charge on any atom is -0.379 e. The lowest BCUT2D eigenvalue weighted by atomic mass is 9.90. The van der Waals surface area contributed by atoms with Gasteiger partial charge in [-0.3, -0.25) is 24.1 Å². The van der Waals surface area contributed by atoms with E-state index < -0.39 is 24.2 Å². The van der Waals surface area contributed by atoms with Gasteiger partial charge in [-0.1, -0.05) is 97.2 Å². The zero-order valence-electron chi connectivity index (χ0n) is 42.8. The van der Waals surface area contributed by atoms with E-state index in [1.165, 1.54) is 26.2 Å². The van der Waals surface area contributed by atoms with Crippen molar-refractivity contribution in [2.45, 2.75) is 164 Å². The van der Waals surface area contributed by atoms with E-state index >= 15 is 0 Å². The molecule has 4 amide bonds. The molecule has 6 unspecified atom stereocenters. The second-order valence-corrected chi connectivity index (χ2v) is 18.1. The first-order chi connectivity index (χ1) is 29.5. The number of aldehydes is 1. The number of hydrogen-bond acceptors (Lipinski definition) is 10. The van der Waals surface area contributed by atoms with Crippen molar-refractivity contribution in [3.05, 3.63) is 35.9 Å². The van der Waals surface area contributed by atoms with Gasteiger partial charge in [-0.05, 0) is 93.4 Å². The highest BCUT2D eigenvalue weighted by molar-refractivity contribution is 5.87. The molecule has 1 saturated heterocycles. The summed E-state index contributed by atoms with van der Waals surface area (Å²) < 4.78 is 17.3. The largest absolute Gasteiger partial charge is 0.379 e. The van der Waals surface area contributed by atoms with Gasteiger partial charge in [0, 0.05) is 27.8 Å². The van der Waals surface area contributed by atoms with E-state index in [1.807, 2.05) is 71.9 Å². The number of hydrogen-bond donors (Lipinski definition) is 3. The average Bonchev–Trinajstić information content (AvgIpc) is 3.71. The van der Waals surface area contributed by atoms with Crippen molar-refractivity contribution < 1.29 is 38.2 Å². The lowest BCUT2D eigenvalue weighted by Gasteiger charge is -2.39. The monoisotopic (exact) mass is 893 g/mol. The predicted molar refractivity (Wildman–Crippen MR) is 257 cm³/mol. The number of carbonyl (C=O) groups excluding carboxylic acids is 5. The van der Waals surface area contributed by atoms with Gasteiger partial charge in [0.2, 0.25) is 23.6 Å². The van der Waals surface area contributed by atoms with Gasteiger partial charge in [-0.25, -0.2) is 0 Å². The summed E-state index contributed by atoms with van der Waals surface area (Å²) >= 11 is 0. The standard InChI is InChI=1S/C30H55N5O7.C9H21NO.C7H8.C3H8/c1-11-20(4)27(34(8)25(38)18-32-30(40)26(19(2)3)33(6)7)23(41-9)17-24(37)35-15-12-13-22(35)28(42-10)21(5)29(39)31-14-16-36;1-8(2)11-9(3,4)6-7-10-5;1-7-5-3-2-4-6-7;1-3-2/h16,19-23,26-28H,11-15,17-18H2,1-10H3,(H,31,39)(H,32,40);8,10H,6-7H2,1-5H3;2-6H,1H3;3H2,1-2H3/t20-,21?,22?,23?,26?,27?,28?;;;/m0.../s1. The van der Waals surface area contributed by atoms with E-state index in [1.54, 1.807) is 23.8 Å². The van der Waals surface area contributed by atoms with Gasteiger partial charge in [-0.2, -0.15) is 0 Å². The van der Waals surface area contributed by atoms with Crippen molar-refractivity contribution in [3.8, 4) is 0 Å². The van der Waals surface area contributed by atoms with Gasteiger partial charge in [0.25, 0.3) is 0 Å². The van der Waals surface area contributed by atoms with Crippen LogP contribution in [-0.2, 0) is 38.2 Å². The molecule has 366 valence electrons. The maximum atomic E-state index is 13.7. The Morgan fingerprint density at radius 2 is 1.51 bits per heavy atom.